The molecule has 32 heavy (non-hydrogen) atoms. The highest BCUT2D eigenvalue weighted by Crippen LogP contribution is 2.31. The SMILES string of the molecule is CCCCCCOc1ccccc1C(=O)NC(=S)Nc1cccc(NC(=O)C2CC2)c1C. The van der Waals surface area contributed by atoms with Gasteiger partial charge in [-0.2, -0.15) is 0 Å². The number of para-hydroxylation sites is 1. The van der Waals surface area contributed by atoms with Crippen LogP contribution in [0.15, 0.2) is 42.5 Å². The molecule has 6 nitrogen and oxygen atoms in total. The maximum Gasteiger partial charge on any atom is 0.261 e. The molecule has 3 rings (SSSR count). The number of unbranched alkanes of at least 4 members (excludes halogenated alkanes) is 3. The van der Waals surface area contributed by atoms with Crippen LogP contribution < -0.4 is 20.7 Å². The van der Waals surface area contributed by atoms with Gasteiger partial charge in [0.2, 0.25) is 5.91 Å². The molecule has 0 spiro atoms. The second-order valence-electron chi connectivity index (χ2n) is 8.06. The predicted molar refractivity (Wildman–Crippen MR) is 132 cm³/mol. The number of carbonyl (C=O) groups is 2. The molecule has 1 fully saturated rings. The van der Waals surface area contributed by atoms with Crippen molar-refractivity contribution in [3.8, 4) is 5.75 Å². The summed E-state index contributed by atoms with van der Waals surface area (Å²) in [7, 11) is 0. The summed E-state index contributed by atoms with van der Waals surface area (Å²) in [6.07, 6.45) is 6.30. The summed E-state index contributed by atoms with van der Waals surface area (Å²) in [4.78, 5) is 24.9. The number of thiocarbonyl (C=S) groups is 1. The smallest absolute Gasteiger partial charge is 0.261 e. The average Bonchev–Trinajstić information content (AvgIpc) is 3.62. The second-order valence-corrected chi connectivity index (χ2v) is 8.46. The number of carbonyl (C=O) groups excluding carboxylic acids is 2. The van der Waals surface area contributed by atoms with E-state index >= 15 is 0 Å². The van der Waals surface area contributed by atoms with Crippen LogP contribution in [0, 0.1) is 12.8 Å². The van der Waals surface area contributed by atoms with Crippen LogP contribution in [0.1, 0.15) is 61.4 Å². The van der Waals surface area contributed by atoms with E-state index in [-0.39, 0.29) is 22.8 Å². The number of benzene rings is 2. The van der Waals surface area contributed by atoms with Crippen molar-refractivity contribution in [1.82, 2.24) is 5.32 Å². The second kappa shape index (κ2) is 11.6. The molecule has 0 unspecified atom stereocenters. The Kier molecular flexibility index (Phi) is 8.62. The number of hydrogen-bond acceptors (Lipinski definition) is 4. The minimum Gasteiger partial charge on any atom is -0.493 e. The predicted octanol–water partition coefficient (Wildman–Crippen LogP) is 5.43. The minimum absolute atomic E-state index is 0.0485. The maximum atomic E-state index is 12.8. The summed E-state index contributed by atoms with van der Waals surface area (Å²) in [6, 6.07) is 12.7. The van der Waals surface area contributed by atoms with Crippen LogP contribution in [-0.2, 0) is 4.79 Å². The largest absolute Gasteiger partial charge is 0.493 e. The van der Waals surface area contributed by atoms with Gasteiger partial charge in [0, 0.05) is 17.3 Å². The lowest BCUT2D eigenvalue weighted by Gasteiger charge is -2.16. The maximum absolute atomic E-state index is 12.8. The molecule has 0 aromatic heterocycles. The molecular weight excluding hydrogens is 422 g/mol. The van der Waals surface area contributed by atoms with E-state index in [9.17, 15) is 9.59 Å². The van der Waals surface area contributed by atoms with E-state index in [1.807, 2.05) is 31.2 Å². The molecule has 170 valence electrons. The van der Waals surface area contributed by atoms with Crippen molar-refractivity contribution in [3.05, 3.63) is 53.6 Å². The molecule has 2 aromatic rings. The van der Waals surface area contributed by atoms with Gasteiger partial charge in [0.25, 0.3) is 5.91 Å². The monoisotopic (exact) mass is 453 g/mol. The molecule has 0 heterocycles. The lowest BCUT2D eigenvalue weighted by Crippen LogP contribution is -2.34. The first-order valence-corrected chi connectivity index (χ1v) is 11.6. The summed E-state index contributed by atoms with van der Waals surface area (Å²) in [5.74, 6) is 0.389. The van der Waals surface area contributed by atoms with Gasteiger partial charge in [-0.25, -0.2) is 0 Å². The zero-order valence-corrected chi connectivity index (χ0v) is 19.5. The van der Waals surface area contributed by atoms with Crippen molar-refractivity contribution in [2.24, 2.45) is 5.92 Å². The molecule has 3 N–H and O–H groups in total. The van der Waals surface area contributed by atoms with Crippen LogP contribution in [0.25, 0.3) is 0 Å². The van der Waals surface area contributed by atoms with Crippen molar-refractivity contribution >= 4 is 40.5 Å². The van der Waals surface area contributed by atoms with Crippen LogP contribution >= 0.6 is 12.2 Å². The summed E-state index contributed by atoms with van der Waals surface area (Å²) in [6.45, 7) is 4.64. The first kappa shape index (κ1) is 23.7. The van der Waals surface area contributed by atoms with Gasteiger partial charge >= 0.3 is 0 Å². The Morgan fingerprint density at radius 1 is 1.00 bits per heavy atom. The molecule has 1 saturated carbocycles. The molecule has 1 aliphatic carbocycles. The fraction of sp³-hybridized carbons (Fsp3) is 0.400. The average molecular weight is 454 g/mol. The summed E-state index contributed by atoms with van der Waals surface area (Å²) >= 11 is 5.36. The van der Waals surface area contributed by atoms with Crippen LogP contribution in [0.5, 0.6) is 5.75 Å². The van der Waals surface area contributed by atoms with Crippen LogP contribution in [0.4, 0.5) is 11.4 Å². The highest BCUT2D eigenvalue weighted by molar-refractivity contribution is 7.80. The number of amides is 2. The van der Waals surface area contributed by atoms with Crippen molar-refractivity contribution in [1.29, 1.82) is 0 Å². The molecule has 0 bridgehead atoms. The first-order valence-electron chi connectivity index (χ1n) is 11.2. The third kappa shape index (κ3) is 6.79. The summed E-state index contributed by atoms with van der Waals surface area (Å²) < 4.78 is 5.84. The molecular formula is C25H31N3O3S. The van der Waals surface area contributed by atoms with Crippen molar-refractivity contribution in [2.45, 2.75) is 52.4 Å². The lowest BCUT2D eigenvalue weighted by atomic mass is 10.1. The third-order valence-corrected chi connectivity index (χ3v) is 5.61. The van der Waals surface area contributed by atoms with E-state index < -0.39 is 0 Å². The standard InChI is InChI=1S/C25H31N3O3S/c1-3-4-5-8-16-31-22-13-7-6-10-19(22)24(30)28-25(32)27-21-12-9-11-20(17(21)2)26-23(29)18-14-15-18/h6-7,9-13,18H,3-5,8,14-16H2,1-2H3,(H,26,29)(H2,27,28,30,32). The fourth-order valence-electron chi connectivity index (χ4n) is 3.30. The molecule has 1 aliphatic rings. The van der Waals surface area contributed by atoms with E-state index in [1.54, 1.807) is 18.2 Å². The van der Waals surface area contributed by atoms with Crippen LogP contribution in [0.2, 0.25) is 0 Å². The highest BCUT2D eigenvalue weighted by atomic mass is 32.1. The Bertz CT molecular complexity index is 973. The van der Waals surface area contributed by atoms with Gasteiger partial charge in [-0.05, 0) is 68.2 Å². The Morgan fingerprint density at radius 2 is 1.72 bits per heavy atom. The van der Waals surface area contributed by atoms with Crippen LogP contribution in [0.3, 0.4) is 0 Å². The number of hydrogen-bond donors (Lipinski definition) is 3. The zero-order valence-electron chi connectivity index (χ0n) is 18.7. The third-order valence-electron chi connectivity index (χ3n) is 5.40. The molecule has 0 saturated heterocycles. The van der Waals surface area contributed by atoms with Crippen LogP contribution in [-0.4, -0.2) is 23.5 Å². The van der Waals surface area contributed by atoms with E-state index in [1.165, 1.54) is 12.8 Å². The molecule has 0 atom stereocenters. The molecule has 2 aromatic carbocycles. The fourth-order valence-corrected chi connectivity index (χ4v) is 3.50. The van der Waals surface area contributed by atoms with Gasteiger partial charge in [0.1, 0.15) is 5.75 Å². The summed E-state index contributed by atoms with van der Waals surface area (Å²) in [5, 5.41) is 8.94. The molecule has 2 amide bonds. The van der Waals surface area contributed by atoms with E-state index in [4.69, 9.17) is 17.0 Å². The highest BCUT2D eigenvalue weighted by Gasteiger charge is 2.29. The Morgan fingerprint density at radius 3 is 2.44 bits per heavy atom. The van der Waals surface area contributed by atoms with E-state index in [0.29, 0.717) is 17.9 Å². The normalized spacial score (nSPS) is 12.7. The van der Waals surface area contributed by atoms with Gasteiger partial charge in [-0.15, -0.1) is 0 Å². The molecule has 0 radical (unpaired) electrons. The van der Waals surface area contributed by atoms with Gasteiger partial charge in [0.15, 0.2) is 5.11 Å². The zero-order chi connectivity index (χ0) is 22.9. The first-order chi connectivity index (χ1) is 15.5. The van der Waals surface area contributed by atoms with Gasteiger partial charge in [-0.3, -0.25) is 14.9 Å². The van der Waals surface area contributed by atoms with E-state index in [0.717, 1.165) is 42.6 Å². The Balaban J connectivity index is 1.58. The van der Waals surface area contributed by atoms with E-state index in [2.05, 4.69) is 22.9 Å². The van der Waals surface area contributed by atoms with Gasteiger partial charge < -0.3 is 15.4 Å². The van der Waals surface area contributed by atoms with Gasteiger partial charge in [-0.1, -0.05) is 44.4 Å². The minimum atomic E-state index is -0.331. The number of nitrogens with one attached hydrogen (secondary N) is 3. The number of ether oxygens (including phenoxy) is 1. The number of rotatable bonds is 10. The van der Waals surface area contributed by atoms with Crippen molar-refractivity contribution in [3.63, 3.8) is 0 Å². The molecule has 0 aliphatic heterocycles. The topological polar surface area (TPSA) is 79.5 Å². The number of anilines is 2. The van der Waals surface area contributed by atoms with Crippen molar-refractivity contribution < 1.29 is 14.3 Å². The Labute approximate surface area is 195 Å². The van der Waals surface area contributed by atoms with Gasteiger partial charge in [0.05, 0.1) is 12.2 Å². The quantitative estimate of drug-likeness (QED) is 0.330. The Hall–Kier alpha value is -2.93. The lowest BCUT2D eigenvalue weighted by molar-refractivity contribution is -0.117. The summed E-state index contributed by atoms with van der Waals surface area (Å²) in [5.41, 5.74) is 2.76. The van der Waals surface area contributed by atoms with Crippen molar-refractivity contribution in [2.75, 3.05) is 17.2 Å². The molecule has 7 heteroatoms.